The van der Waals surface area contributed by atoms with Gasteiger partial charge in [0.15, 0.2) is 5.79 Å². The molecule has 0 bridgehead atoms. The molecule has 3 atom stereocenters. The van der Waals surface area contributed by atoms with Crippen LogP contribution in [0.5, 0.6) is 0 Å². The summed E-state index contributed by atoms with van der Waals surface area (Å²) in [5.74, 6) is 4.95. The van der Waals surface area contributed by atoms with Crippen molar-refractivity contribution in [2.24, 2.45) is 0 Å². The molecule has 1 aliphatic rings. The SMILES string of the molecule is CC/C=C/C[C@@H]1OC(C)(C)O[C@@H]1/C=C/C=C/C#C/C=C/[C@@H](O)C/C=C\CCC(=O)OC. The molecule has 1 fully saturated rings. The van der Waals surface area contributed by atoms with Crippen LogP contribution in [0.15, 0.2) is 60.8 Å². The smallest absolute Gasteiger partial charge is 0.305 e. The van der Waals surface area contributed by atoms with Crippen molar-refractivity contribution in [2.45, 2.75) is 77.0 Å². The third-order valence-corrected chi connectivity index (χ3v) is 4.36. The summed E-state index contributed by atoms with van der Waals surface area (Å²) in [7, 11) is 1.37. The van der Waals surface area contributed by atoms with Crippen molar-refractivity contribution in [3.63, 3.8) is 0 Å². The highest BCUT2D eigenvalue weighted by atomic mass is 16.7. The van der Waals surface area contributed by atoms with Crippen LogP contribution < -0.4 is 0 Å². The maximum Gasteiger partial charge on any atom is 0.305 e. The van der Waals surface area contributed by atoms with Gasteiger partial charge in [0.05, 0.1) is 19.3 Å². The van der Waals surface area contributed by atoms with Gasteiger partial charge in [-0.25, -0.2) is 0 Å². The van der Waals surface area contributed by atoms with Crippen LogP contribution >= 0.6 is 0 Å². The molecular formula is C26H36O5. The summed E-state index contributed by atoms with van der Waals surface area (Å²) in [4.78, 5) is 11.0. The quantitative estimate of drug-likeness (QED) is 0.222. The zero-order valence-electron chi connectivity index (χ0n) is 19.1. The Morgan fingerprint density at radius 1 is 1.13 bits per heavy atom. The van der Waals surface area contributed by atoms with E-state index >= 15 is 0 Å². The predicted molar refractivity (Wildman–Crippen MR) is 124 cm³/mol. The maximum absolute atomic E-state index is 11.0. The Kier molecular flexibility index (Phi) is 13.3. The van der Waals surface area contributed by atoms with Crippen LogP contribution in [-0.4, -0.2) is 42.3 Å². The minimum Gasteiger partial charge on any atom is -0.469 e. The van der Waals surface area contributed by atoms with E-state index in [1.54, 1.807) is 18.2 Å². The summed E-state index contributed by atoms with van der Waals surface area (Å²) in [6, 6.07) is 0. The van der Waals surface area contributed by atoms with E-state index in [2.05, 4.69) is 35.7 Å². The summed E-state index contributed by atoms with van der Waals surface area (Å²) in [6.07, 6.45) is 21.3. The van der Waals surface area contributed by atoms with Gasteiger partial charge in [0.25, 0.3) is 0 Å². The van der Waals surface area contributed by atoms with Crippen molar-refractivity contribution in [2.75, 3.05) is 7.11 Å². The molecule has 0 radical (unpaired) electrons. The Balaban J connectivity index is 2.37. The average molecular weight is 429 g/mol. The fourth-order valence-corrected chi connectivity index (χ4v) is 2.87. The molecule has 170 valence electrons. The number of hydrogen-bond donors (Lipinski definition) is 1. The first kappa shape index (κ1) is 26.6. The molecule has 5 nitrogen and oxygen atoms in total. The Labute approximate surface area is 187 Å². The molecule has 1 saturated heterocycles. The minimum atomic E-state index is -0.603. The number of hydrogen-bond acceptors (Lipinski definition) is 5. The molecule has 0 saturated carbocycles. The monoisotopic (exact) mass is 428 g/mol. The largest absolute Gasteiger partial charge is 0.469 e. The lowest BCUT2D eigenvalue weighted by atomic mass is 10.1. The number of carbonyl (C=O) groups is 1. The van der Waals surface area contributed by atoms with Crippen molar-refractivity contribution < 1.29 is 24.1 Å². The third-order valence-electron chi connectivity index (χ3n) is 4.36. The molecule has 0 amide bonds. The van der Waals surface area contributed by atoms with E-state index in [1.807, 2.05) is 44.2 Å². The van der Waals surface area contributed by atoms with Crippen LogP contribution in [0.1, 0.15) is 52.9 Å². The predicted octanol–water partition coefficient (Wildman–Crippen LogP) is 4.80. The molecule has 1 aliphatic heterocycles. The summed E-state index contributed by atoms with van der Waals surface area (Å²) in [6.45, 7) is 5.97. The van der Waals surface area contributed by atoms with Gasteiger partial charge < -0.3 is 19.3 Å². The fraction of sp³-hybridized carbons (Fsp3) is 0.500. The average Bonchev–Trinajstić information content (AvgIpc) is 3.03. The van der Waals surface area contributed by atoms with E-state index in [0.717, 1.165) is 12.8 Å². The van der Waals surface area contributed by atoms with Crippen LogP contribution in [0, 0.1) is 11.8 Å². The molecule has 0 spiro atoms. The number of esters is 1. The molecule has 1 rings (SSSR count). The van der Waals surface area contributed by atoms with Gasteiger partial charge in [-0.15, -0.1) is 0 Å². The second kappa shape index (κ2) is 15.4. The van der Waals surface area contributed by atoms with Gasteiger partial charge in [-0.1, -0.05) is 61.3 Å². The van der Waals surface area contributed by atoms with Crippen molar-refractivity contribution in [1.29, 1.82) is 0 Å². The Morgan fingerprint density at radius 3 is 2.65 bits per heavy atom. The topological polar surface area (TPSA) is 65.0 Å². The van der Waals surface area contributed by atoms with Gasteiger partial charge in [-0.3, -0.25) is 4.79 Å². The number of rotatable bonds is 11. The highest BCUT2D eigenvalue weighted by Crippen LogP contribution is 2.30. The first-order valence-corrected chi connectivity index (χ1v) is 10.8. The van der Waals surface area contributed by atoms with Gasteiger partial charge >= 0.3 is 5.97 Å². The molecular weight excluding hydrogens is 392 g/mol. The van der Waals surface area contributed by atoms with Gasteiger partial charge in [0.1, 0.15) is 6.10 Å². The minimum absolute atomic E-state index is 0.00692. The van der Waals surface area contributed by atoms with Gasteiger partial charge in [0, 0.05) is 6.42 Å². The Bertz CT molecular complexity index is 731. The van der Waals surface area contributed by atoms with Crippen LogP contribution in [-0.2, 0) is 19.0 Å². The molecule has 1 N–H and O–H groups in total. The number of aliphatic hydroxyl groups excluding tert-OH is 1. The highest BCUT2D eigenvalue weighted by Gasteiger charge is 2.38. The van der Waals surface area contributed by atoms with E-state index < -0.39 is 11.9 Å². The Hall–Kier alpha value is -2.39. The second-order valence-electron chi connectivity index (χ2n) is 7.54. The number of carbonyl (C=O) groups excluding carboxylic acids is 1. The highest BCUT2D eigenvalue weighted by molar-refractivity contribution is 5.69. The van der Waals surface area contributed by atoms with Crippen LogP contribution in [0.2, 0.25) is 0 Å². The molecule has 0 unspecified atom stereocenters. The number of ether oxygens (including phenoxy) is 3. The summed E-state index contributed by atoms with van der Waals surface area (Å²) >= 11 is 0. The molecule has 0 aliphatic carbocycles. The van der Waals surface area contributed by atoms with Crippen LogP contribution in [0.3, 0.4) is 0 Å². The third kappa shape index (κ3) is 12.8. The zero-order valence-corrected chi connectivity index (χ0v) is 19.1. The lowest BCUT2D eigenvalue weighted by molar-refractivity contribution is -0.142. The van der Waals surface area contributed by atoms with Crippen molar-refractivity contribution in [3.05, 3.63) is 60.8 Å². The number of methoxy groups -OCH3 is 1. The number of allylic oxidation sites excluding steroid dienone is 6. The lowest BCUT2D eigenvalue weighted by Gasteiger charge is -2.16. The summed E-state index contributed by atoms with van der Waals surface area (Å²) < 4.78 is 16.5. The first-order chi connectivity index (χ1) is 14.9. The molecule has 1 heterocycles. The fourth-order valence-electron chi connectivity index (χ4n) is 2.87. The lowest BCUT2D eigenvalue weighted by Crippen LogP contribution is -2.21. The van der Waals surface area contributed by atoms with Gasteiger partial charge in [-0.05, 0) is 57.8 Å². The van der Waals surface area contributed by atoms with Gasteiger partial charge in [-0.2, -0.15) is 0 Å². The standard InChI is InChI=1S/C26H36O5/c1-5-6-12-19-23-24(31-26(2,3)30-23)20-15-10-8-7-9-13-17-22(27)18-14-11-16-21-25(28)29-4/h6,8,10-15,17,20,22-24,27H,5,16,18-19,21H2,1-4H3/b10-8+,12-6+,14-11-,17-13+,20-15+/t22-,23+,24-/m1/s1. The van der Waals surface area contributed by atoms with E-state index in [0.29, 0.717) is 19.3 Å². The number of aliphatic hydroxyl groups is 1. The van der Waals surface area contributed by atoms with E-state index in [1.165, 1.54) is 7.11 Å². The maximum atomic E-state index is 11.0. The van der Waals surface area contributed by atoms with E-state index in [4.69, 9.17) is 9.47 Å². The summed E-state index contributed by atoms with van der Waals surface area (Å²) in [5.41, 5.74) is 0. The van der Waals surface area contributed by atoms with E-state index in [-0.39, 0.29) is 18.2 Å². The van der Waals surface area contributed by atoms with Crippen molar-refractivity contribution in [3.8, 4) is 11.8 Å². The molecule has 0 aromatic carbocycles. The van der Waals surface area contributed by atoms with E-state index in [9.17, 15) is 9.90 Å². The molecule has 0 aromatic rings. The first-order valence-electron chi connectivity index (χ1n) is 10.8. The normalized spacial score (nSPS) is 22.1. The Morgan fingerprint density at radius 2 is 1.90 bits per heavy atom. The molecule has 31 heavy (non-hydrogen) atoms. The van der Waals surface area contributed by atoms with Crippen LogP contribution in [0.4, 0.5) is 0 Å². The van der Waals surface area contributed by atoms with Crippen molar-refractivity contribution >= 4 is 5.97 Å². The zero-order chi connectivity index (χ0) is 23.0. The summed E-state index contributed by atoms with van der Waals surface area (Å²) in [5, 5.41) is 9.85. The second-order valence-corrected chi connectivity index (χ2v) is 7.54. The molecule has 0 aromatic heterocycles. The molecule has 5 heteroatoms. The van der Waals surface area contributed by atoms with Gasteiger partial charge in [0.2, 0.25) is 0 Å². The van der Waals surface area contributed by atoms with Crippen molar-refractivity contribution in [1.82, 2.24) is 0 Å². The van der Waals surface area contributed by atoms with Crippen LogP contribution in [0.25, 0.3) is 0 Å².